The molecule has 0 heterocycles. The van der Waals surface area contributed by atoms with E-state index in [9.17, 15) is 28.8 Å². The lowest BCUT2D eigenvalue weighted by Crippen LogP contribution is -2.49. The summed E-state index contributed by atoms with van der Waals surface area (Å²) in [5, 5.41) is 0. The number of rotatable bonds is 21. The topological polar surface area (TPSA) is 185 Å². The summed E-state index contributed by atoms with van der Waals surface area (Å²) >= 11 is 0. The molecule has 524 valence electrons. The minimum absolute atomic E-state index is 0.0134. The molecule has 0 amide bonds. The molecule has 94 heavy (non-hydrogen) atoms. The molecule has 0 N–H and O–H groups in total. The van der Waals surface area contributed by atoms with Crippen molar-refractivity contribution in [3.63, 3.8) is 0 Å². The van der Waals surface area contributed by atoms with E-state index in [0.29, 0.717) is 125 Å². The Kier molecular flexibility index (Phi) is 18.2. The van der Waals surface area contributed by atoms with E-state index in [1.165, 1.54) is 77.0 Å². The molecule has 15 nitrogen and oxygen atoms in total. The highest BCUT2D eigenvalue weighted by Gasteiger charge is 2.70. The smallest absolute Gasteiger partial charge is 0.311 e. The monoisotopic (exact) mass is 1310 g/mol. The maximum Gasteiger partial charge on any atom is 0.311 e. The molecule has 18 aliphatic rings. The first-order chi connectivity index (χ1) is 45.0. The predicted molar refractivity (Wildman–Crippen MR) is 347 cm³/mol. The Bertz CT molecular complexity index is 2820. The quantitative estimate of drug-likeness (QED) is 0.0347. The van der Waals surface area contributed by atoms with Gasteiger partial charge in [0.1, 0.15) is 18.3 Å². The zero-order chi connectivity index (χ0) is 65.6. The van der Waals surface area contributed by atoms with Gasteiger partial charge < -0.3 is 42.6 Å². The van der Waals surface area contributed by atoms with Crippen molar-refractivity contribution >= 4 is 35.8 Å². The maximum absolute atomic E-state index is 13.2. The van der Waals surface area contributed by atoms with E-state index >= 15 is 0 Å². The first kappa shape index (κ1) is 66.6. The van der Waals surface area contributed by atoms with Gasteiger partial charge in [-0.2, -0.15) is 0 Å². The number of esters is 6. The minimum Gasteiger partial charge on any atom is -0.462 e. The zero-order valence-corrected chi connectivity index (χ0v) is 58.9. The Morgan fingerprint density at radius 1 is 0.319 bits per heavy atom. The predicted octanol–water partition coefficient (Wildman–Crippen LogP) is 14.4. The van der Waals surface area contributed by atoms with E-state index in [0.717, 1.165) is 113 Å². The van der Waals surface area contributed by atoms with Crippen LogP contribution in [0.5, 0.6) is 0 Å². The van der Waals surface area contributed by atoms with E-state index < -0.39 is 16.2 Å². The number of carbonyl (C=O) groups excluding carboxylic acids is 6. The van der Waals surface area contributed by atoms with Crippen molar-refractivity contribution in [2.45, 2.75) is 254 Å². The van der Waals surface area contributed by atoms with E-state index in [-0.39, 0.29) is 92.3 Å². The van der Waals surface area contributed by atoms with Crippen molar-refractivity contribution in [3.05, 3.63) is 0 Å². The van der Waals surface area contributed by atoms with Crippen LogP contribution in [-0.4, -0.2) is 93.3 Å². The van der Waals surface area contributed by atoms with E-state index in [1.54, 1.807) is 0 Å². The minimum atomic E-state index is -0.417. The summed E-state index contributed by atoms with van der Waals surface area (Å²) in [4.78, 5) is 76.9. The number of fused-ring (bicyclic) bond motifs is 29. The largest absolute Gasteiger partial charge is 0.462 e. The molecule has 0 radical (unpaired) electrons. The van der Waals surface area contributed by atoms with Crippen LogP contribution in [0.3, 0.4) is 0 Å². The number of carbonyl (C=O) groups is 6. The second kappa shape index (κ2) is 25.7. The van der Waals surface area contributed by atoms with Gasteiger partial charge in [-0.25, -0.2) is 0 Å². The van der Waals surface area contributed by atoms with Crippen LogP contribution < -0.4 is 0 Å². The van der Waals surface area contributed by atoms with Crippen molar-refractivity contribution < 1.29 is 71.4 Å². The van der Waals surface area contributed by atoms with Crippen LogP contribution >= 0.6 is 0 Å². The summed E-state index contributed by atoms with van der Waals surface area (Å²) in [7, 11) is 0. The lowest BCUT2D eigenvalue weighted by Gasteiger charge is -2.53. The van der Waals surface area contributed by atoms with Gasteiger partial charge >= 0.3 is 35.8 Å². The third kappa shape index (κ3) is 11.7. The highest BCUT2D eigenvalue weighted by Crippen LogP contribution is 2.72. The Balaban J connectivity index is 0.000000117. The van der Waals surface area contributed by atoms with Crippen LogP contribution in [0.4, 0.5) is 0 Å². The van der Waals surface area contributed by atoms with Crippen LogP contribution in [-0.2, 0) is 71.4 Å². The fourth-order valence-corrected chi connectivity index (χ4v) is 26.6. The third-order valence-electron chi connectivity index (χ3n) is 31.5. The molecule has 0 aromatic heterocycles. The van der Waals surface area contributed by atoms with Gasteiger partial charge in [0.25, 0.3) is 0 Å². The number of hydrogen-bond acceptors (Lipinski definition) is 15. The summed E-state index contributed by atoms with van der Waals surface area (Å²) in [6.07, 6.45) is 28.1. The normalized spacial score (nSPS) is 47.0. The van der Waals surface area contributed by atoms with Crippen molar-refractivity contribution in [2.75, 3.05) is 27.0 Å². The summed E-state index contributed by atoms with van der Waals surface area (Å²) in [5.74, 6) is 14.9. The highest BCUT2D eigenvalue weighted by atomic mass is 16.7. The first-order valence-electron chi connectivity index (χ1n) is 39.0. The molecule has 27 unspecified atom stereocenters. The van der Waals surface area contributed by atoms with Crippen molar-refractivity contribution in [3.8, 4) is 0 Å². The van der Waals surface area contributed by atoms with Crippen LogP contribution in [0.15, 0.2) is 0 Å². The SMILES string of the molecule is CCC(C)(C)C(=O)OC1CC2CC1C1C3CC(CC3C(=O)OCOC3C4CC5CC(C4)CC3C5)C21.CCC(C)(C)C(=O)OC1CC2CC1C1C3CC(CC3C(=O)OCOC3CC4CCC3C4)C21.CCOCOC(=O)C1CC2CC1C1C3CC(CC3OC(=O)C(C)(C)CC)C21. The van der Waals surface area contributed by atoms with Gasteiger partial charge in [0.15, 0.2) is 20.4 Å². The molecule has 0 aromatic rings. The molecule has 0 aromatic carbocycles. The van der Waals surface area contributed by atoms with Gasteiger partial charge in [0, 0.05) is 6.61 Å². The molecule has 27 atom stereocenters. The van der Waals surface area contributed by atoms with Crippen molar-refractivity contribution in [2.24, 2.45) is 176 Å². The van der Waals surface area contributed by atoms with Gasteiger partial charge in [0.05, 0.1) is 46.2 Å². The van der Waals surface area contributed by atoms with E-state index in [2.05, 4.69) is 6.92 Å². The fraction of sp³-hybridized carbons (Fsp3) is 0.924. The lowest BCUT2D eigenvalue weighted by molar-refractivity contribution is -0.192. The summed E-state index contributed by atoms with van der Waals surface area (Å²) < 4.78 is 52.5. The van der Waals surface area contributed by atoms with E-state index in [4.69, 9.17) is 42.6 Å². The average molecular weight is 1310 g/mol. The zero-order valence-electron chi connectivity index (χ0n) is 58.9. The molecule has 18 bridgehead atoms. The molecule has 18 rings (SSSR count). The molecule has 0 aliphatic heterocycles. The maximum atomic E-state index is 13.2. The fourth-order valence-electron chi connectivity index (χ4n) is 26.6. The third-order valence-corrected chi connectivity index (χ3v) is 31.5. The van der Waals surface area contributed by atoms with Gasteiger partial charge in [-0.05, 0) is 345 Å². The van der Waals surface area contributed by atoms with Crippen molar-refractivity contribution in [1.82, 2.24) is 0 Å². The van der Waals surface area contributed by atoms with Gasteiger partial charge in [-0.3, -0.25) is 28.8 Å². The first-order valence-corrected chi connectivity index (χ1v) is 39.0. The summed E-state index contributed by atoms with van der Waals surface area (Å²) in [5.41, 5.74) is -1.25. The molecule has 15 heteroatoms. The molecule has 18 saturated carbocycles. The standard InChI is InChI=1S/C30H44O5.C27H40O5.C22H34O5/c1-4-30(2,3)29(32)35-24-13-18-12-23(24)26-21-10-17(25(18)26)11-22(21)28(31)34-14-33-27-19-6-15-5-16(8-19)9-20(27)7-15;1-4-27(2,3)26(29)32-22-12-17-11-20(22)24-18-9-16(23(17)24)10-19(18)25(28)31-13-30-21-8-14-5-6-15(21)7-14;1-5-22(3,4)21(24)27-17-10-13-9-16(17)19-14-7-12(18(13)19)8-15(14)20(23)26-11-25-6-2/h15-27H,4-14H2,1-3H3;14-24H,4-13H2,1-3H3;12-19H,5-11H2,1-4H3. The Morgan fingerprint density at radius 2 is 0.670 bits per heavy atom. The molecular weight excluding hydrogens is 1190 g/mol. The van der Waals surface area contributed by atoms with Crippen LogP contribution in [0, 0.1) is 176 Å². The molecule has 18 fully saturated rings. The van der Waals surface area contributed by atoms with Crippen molar-refractivity contribution in [1.29, 1.82) is 0 Å². The second-order valence-electron chi connectivity index (χ2n) is 36.9. The van der Waals surface area contributed by atoms with Gasteiger partial charge in [0.2, 0.25) is 0 Å². The van der Waals surface area contributed by atoms with E-state index in [1.807, 2.05) is 62.3 Å². The van der Waals surface area contributed by atoms with Gasteiger partial charge in [-0.15, -0.1) is 0 Å². The Morgan fingerprint density at radius 3 is 1.02 bits per heavy atom. The molecule has 0 saturated heterocycles. The van der Waals surface area contributed by atoms with Gasteiger partial charge in [-0.1, -0.05) is 20.8 Å². The lowest BCUT2D eigenvalue weighted by atomic mass is 9.55. The number of ether oxygens (including phenoxy) is 9. The molecule has 18 aliphatic carbocycles. The molecule has 0 spiro atoms. The number of hydrogen-bond donors (Lipinski definition) is 0. The van der Waals surface area contributed by atoms with Crippen LogP contribution in [0.25, 0.3) is 0 Å². The Labute approximate surface area is 561 Å². The van der Waals surface area contributed by atoms with Crippen LogP contribution in [0.2, 0.25) is 0 Å². The van der Waals surface area contributed by atoms with Crippen LogP contribution in [0.1, 0.15) is 223 Å². The average Bonchev–Trinajstić information content (AvgIpc) is 1.55. The summed E-state index contributed by atoms with van der Waals surface area (Å²) in [6.45, 7) is 20.8. The summed E-state index contributed by atoms with van der Waals surface area (Å²) in [6, 6.07) is 0. The second-order valence-corrected chi connectivity index (χ2v) is 36.9. The Hall–Kier alpha value is -3.30. The molecular formula is C79H118O15. The highest BCUT2D eigenvalue weighted by molar-refractivity contribution is 5.78.